The minimum atomic E-state index is -0.380. The molecule has 4 N–H and O–H groups in total. The van der Waals surface area contributed by atoms with Crippen LogP contribution in [0.25, 0.3) is 11.0 Å². The number of hydrogen-bond acceptors (Lipinski definition) is 3. The summed E-state index contributed by atoms with van der Waals surface area (Å²) in [6.07, 6.45) is 4.35. The Morgan fingerprint density at radius 2 is 1.83 bits per heavy atom. The highest BCUT2D eigenvalue weighted by atomic mass is 35.5. The van der Waals surface area contributed by atoms with Crippen molar-refractivity contribution in [1.29, 1.82) is 0 Å². The van der Waals surface area contributed by atoms with Crippen LogP contribution in [0.3, 0.4) is 0 Å². The highest BCUT2D eigenvalue weighted by Crippen LogP contribution is 2.34. The van der Waals surface area contributed by atoms with Crippen molar-refractivity contribution in [2.24, 2.45) is 0 Å². The number of imidazole rings is 1. The normalized spacial score (nSPS) is 25.8. The first-order valence-electron chi connectivity index (χ1n) is 7.86. The molecule has 2 unspecified atom stereocenters. The van der Waals surface area contributed by atoms with Crippen molar-refractivity contribution in [2.45, 2.75) is 43.8 Å². The molecule has 1 amide bonds. The van der Waals surface area contributed by atoms with E-state index in [9.17, 15) is 9.59 Å². The third-order valence-corrected chi connectivity index (χ3v) is 5.22. The molecule has 2 bridgehead atoms. The number of carbonyl (C=O) groups is 1. The van der Waals surface area contributed by atoms with Gasteiger partial charge in [-0.15, -0.1) is 12.4 Å². The van der Waals surface area contributed by atoms with Gasteiger partial charge in [-0.1, -0.05) is 12.1 Å². The average molecular weight is 355 g/mol. The Kier molecular flexibility index (Phi) is 5.37. The van der Waals surface area contributed by atoms with Crippen LogP contribution in [0.4, 0.5) is 4.79 Å². The van der Waals surface area contributed by atoms with Gasteiger partial charge in [0.25, 0.3) is 0 Å². The molecule has 3 heterocycles. The molecule has 2 atom stereocenters. The quantitative estimate of drug-likeness (QED) is 0.801. The zero-order valence-corrected chi connectivity index (χ0v) is 14.3. The van der Waals surface area contributed by atoms with Crippen LogP contribution in [0, 0.1) is 0 Å². The van der Waals surface area contributed by atoms with Gasteiger partial charge in [0, 0.05) is 18.1 Å². The van der Waals surface area contributed by atoms with E-state index >= 15 is 0 Å². The second-order valence-electron chi connectivity index (χ2n) is 6.45. The minimum absolute atomic E-state index is 0. The Morgan fingerprint density at radius 1 is 1.21 bits per heavy atom. The lowest BCUT2D eigenvalue weighted by molar-refractivity contribution is 0.150. The van der Waals surface area contributed by atoms with Gasteiger partial charge in [-0.25, -0.2) is 14.2 Å². The van der Waals surface area contributed by atoms with E-state index in [1.165, 1.54) is 17.4 Å². The van der Waals surface area contributed by atoms with Gasteiger partial charge in [0.1, 0.15) is 0 Å². The predicted octanol–water partition coefficient (Wildman–Crippen LogP) is 1.11. The van der Waals surface area contributed by atoms with Crippen LogP contribution in [0.1, 0.15) is 25.7 Å². The zero-order chi connectivity index (χ0) is 15.3. The third kappa shape index (κ3) is 2.94. The van der Waals surface area contributed by atoms with Crippen LogP contribution in [0.5, 0.6) is 0 Å². The summed E-state index contributed by atoms with van der Waals surface area (Å²) in [4.78, 5) is 29.7. The summed E-state index contributed by atoms with van der Waals surface area (Å²) in [5.74, 6) is 0. The number of rotatable bonds is 1. The number of fused-ring (bicyclic) bond motifs is 3. The molecule has 2 fully saturated rings. The van der Waals surface area contributed by atoms with E-state index in [2.05, 4.69) is 22.2 Å². The van der Waals surface area contributed by atoms with Crippen molar-refractivity contribution in [3.63, 3.8) is 0 Å². The summed E-state index contributed by atoms with van der Waals surface area (Å²) < 4.78 is 1.20. The molecule has 0 aliphatic carbocycles. The molecule has 24 heavy (non-hydrogen) atoms. The number of aromatic amines is 1. The molecule has 2 aliphatic heterocycles. The maximum Gasteiger partial charge on any atom is 0.334 e. The second kappa shape index (κ2) is 6.96. The molecular weight excluding hydrogens is 332 g/mol. The van der Waals surface area contributed by atoms with Gasteiger partial charge in [0.05, 0.1) is 11.0 Å². The number of piperidine rings is 1. The molecule has 4 rings (SSSR count). The van der Waals surface area contributed by atoms with Crippen LogP contribution in [0.2, 0.25) is 0 Å². The first-order valence-corrected chi connectivity index (χ1v) is 7.86. The number of halogens is 1. The standard InChI is InChI=1S/C16H20N4O2.ClH.H2O/c1-19-11-6-7-12(19)9-10(8-11)17-15(21)20-14-5-3-2-4-13(14)18-16(20)22;;/h2-5,10-12H,6-9H2,1H3,(H,17,21)(H,18,22);1H;1H2. The third-order valence-electron chi connectivity index (χ3n) is 5.22. The number of carbonyl (C=O) groups excluding carboxylic acids is 1. The lowest BCUT2D eigenvalue weighted by atomic mass is 9.98. The van der Waals surface area contributed by atoms with E-state index < -0.39 is 0 Å². The largest absolute Gasteiger partial charge is 0.412 e. The molecule has 0 radical (unpaired) electrons. The summed E-state index contributed by atoms with van der Waals surface area (Å²) in [5, 5.41) is 3.05. The van der Waals surface area contributed by atoms with Crippen LogP contribution in [-0.4, -0.2) is 51.1 Å². The van der Waals surface area contributed by atoms with Gasteiger partial charge in [-0.3, -0.25) is 0 Å². The van der Waals surface area contributed by atoms with Gasteiger partial charge in [0.2, 0.25) is 0 Å². The predicted molar refractivity (Wildman–Crippen MR) is 94.9 cm³/mol. The van der Waals surface area contributed by atoms with Crippen LogP contribution >= 0.6 is 12.4 Å². The van der Waals surface area contributed by atoms with Crippen molar-refractivity contribution in [3.8, 4) is 0 Å². The van der Waals surface area contributed by atoms with Gasteiger partial charge in [-0.2, -0.15) is 0 Å². The van der Waals surface area contributed by atoms with Gasteiger partial charge < -0.3 is 20.7 Å². The van der Waals surface area contributed by atoms with E-state index in [-0.39, 0.29) is 35.6 Å². The average Bonchev–Trinajstić information content (AvgIpc) is 2.90. The molecule has 7 nitrogen and oxygen atoms in total. The number of amides is 1. The monoisotopic (exact) mass is 354 g/mol. The fourth-order valence-electron chi connectivity index (χ4n) is 4.02. The van der Waals surface area contributed by atoms with Gasteiger partial charge in [-0.05, 0) is 44.9 Å². The molecule has 1 aromatic heterocycles. The van der Waals surface area contributed by atoms with E-state index in [0.29, 0.717) is 23.1 Å². The molecular formula is C16H23ClN4O3. The fraction of sp³-hybridized carbons (Fsp3) is 0.500. The Balaban J connectivity index is 0.00000104. The molecule has 0 spiro atoms. The lowest BCUT2D eigenvalue weighted by Crippen LogP contribution is -2.50. The first-order chi connectivity index (χ1) is 10.6. The first kappa shape index (κ1) is 18.5. The van der Waals surface area contributed by atoms with Crippen LogP contribution in [0.15, 0.2) is 29.1 Å². The Bertz CT molecular complexity index is 773. The summed E-state index contributed by atoms with van der Waals surface area (Å²) in [6.45, 7) is 0. The van der Waals surface area contributed by atoms with Crippen molar-refractivity contribution < 1.29 is 10.3 Å². The summed E-state index contributed by atoms with van der Waals surface area (Å²) in [6, 6.07) is 8.21. The molecule has 1 aromatic carbocycles. The van der Waals surface area contributed by atoms with Gasteiger partial charge in [0.15, 0.2) is 0 Å². The van der Waals surface area contributed by atoms with Crippen molar-refractivity contribution in [3.05, 3.63) is 34.7 Å². The number of benzene rings is 1. The van der Waals surface area contributed by atoms with Crippen molar-refractivity contribution >= 4 is 29.5 Å². The Labute approximate surface area is 145 Å². The summed E-state index contributed by atoms with van der Waals surface area (Å²) in [7, 11) is 2.17. The Hall–Kier alpha value is -1.83. The molecule has 132 valence electrons. The Morgan fingerprint density at radius 3 is 2.50 bits per heavy atom. The maximum atomic E-state index is 12.5. The molecule has 0 saturated carbocycles. The van der Waals surface area contributed by atoms with E-state index in [1.54, 1.807) is 12.1 Å². The minimum Gasteiger partial charge on any atom is -0.412 e. The second-order valence-corrected chi connectivity index (χ2v) is 6.45. The summed E-state index contributed by atoms with van der Waals surface area (Å²) in [5.41, 5.74) is 0.932. The number of hydrogen-bond donors (Lipinski definition) is 2. The summed E-state index contributed by atoms with van der Waals surface area (Å²) >= 11 is 0. The number of para-hydroxylation sites is 2. The lowest BCUT2D eigenvalue weighted by Gasteiger charge is -2.36. The highest BCUT2D eigenvalue weighted by Gasteiger charge is 2.39. The number of aromatic nitrogens is 2. The van der Waals surface area contributed by atoms with Crippen LogP contribution in [-0.2, 0) is 0 Å². The van der Waals surface area contributed by atoms with Crippen LogP contribution < -0.4 is 11.0 Å². The fourth-order valence-corrected chi connectivity index (χ4v) is 4.02. The van der Waals surface area contributed by atoms with Gasteiger partial charge >= 0.3 is 11.7 Å². The topological polar surface area (TPSA) is 102 Å². The highest BCUT2D eigenvalue weighted by molar-refractivity contribution is 5.89. The SMILES string of the molecule is CN1C2CCC1CC(NC(=O)n1c(=O)[nH]c3ccccc31)C2.Cl.O. The van der Waals surface area contributed by atoms with E-state index in [1.807, 2.05) is 12.1 Å². The van der Waals surface area contributed by atoms with E-state index in [0.717, 1.165) is 12.8 Å². The smallest absolute Gasteiger partial charge is 0.334 e. The zero-order valence-electron chi connectivity index (χ0n) is 13.5. The molecule has 2 aliphatic rings. The number of nitrogens with zero attached hydrogens (tertiary/aromatic N) is 2. The maximum absolute atomic E-state index is 12.5. The van der Waals surface area contributed by atoms with Crippen molar-refractivity contribution in [1.82, 2.24) is 19.8 Å². The van der Waals surface area contributed by atoms with E-state index in [4.69, 9.17) is 0 Å². The molecule has 2 aromatic rings. The molecule has 8 heteroatoms. The molecule has 2 saturated heterocycles. The van der Waals surface area contributed by atoms with Crippen molar-refractivity contribution in [2.75, 3.05) is 7.05 Å². The number of H-pyrrole nitrogens is 1. The number of nitrogens with one attached hydrogen (secondary N) is 2.